The van der Waals surface area contributed by atoms with Crippen molar-refractivity contribution in [2.75, 3.05) is 20.2 Å². The standard InChI is InChI=1S/C12H13Cl3N2O2S/c1-17(3-2-10(16)20)11(18)6-19-12-8(14)4-7(13)5-9(12)15/h4-5H,2-3,6H2,1H3,(H2,16,20). The highest BCUT2D eigenvalue weighted by Crippen LogP contribution is 2.35. The largest absolute Gasteiger partial charge is 0.481 e. The monoisotopic (exact) mass is 354 g/mol. The lowest BCUT2D eigenvalue weighted by molar-refractivity contribution is -0.131. The summed E-state index contributed by atoms with van der Waals surface area (Å²) in [6.45, 7) is 0.245. The fourth-order valence-electron chi connectivity index (χ4n) is 1.31. The Kier molecular flexibility index (Phi) is 6.82. The van der Waals surface area contributed by atoms with E-state index in [0.717, 1.165) is 0 Å². The first-order valence-electron chi connectivity index (χ1n) is 5.61. The van der Waals surface area contributed by atoms with Crippen molar-refractivity contribution in [3.63, 3.8) is 0 Å². The van der Waals surface area contributed by atoms with Crippen molar-refractivity contribution in [3.05, 3.63) is 27.2 Å². The summed E-state index contributed by atoms with van der Waals surface area (Å²) in [5.74, 6) is -0.00263. The lowest BCUT2D eigenvalue weighted by Gasteiger charge is -2.17. The summed E-state index contributed by atoms with van der Waals surface area (Å²) in [6, 6.07) is 2.98. The topological polar surface area (TPSA) is 55.6 Å². The zero-order valence-corrected chi connectivity index (χ0v) is 13.7. The Balaban J connectivity index is 2.59. The third-order valence-electron chi connectivity index (χ3n) is 2.42. The molecule has 1 aromatic carbocycles. The Labute approximate surface area is 137 Å². The second-order valence-corrected chi connectivity index (χ2v) is 5.79. The maximum Gasteiger partial charge on any atom is 0.260 e. The Morgan fingerprint density at radius 2 is 1.90 bits per heavy atom. The van der Waals surface area contributed by atoms with E-state index in [1.54, 1.807) is 7.05 Å². The van der Waals surface area contributed by atoms with E-state index in [1.807, 2.05) is 0 Å². The number of amides is 1. The van der Waals surface area contributed by atoms with Gasteiger partial charge in [-0.3, -0.25) is 4.79 Å². The highest BCUT2D eigenvalue weighted by molar-refractivity contribution is 7.80. The first kappa shape index (κ1) is 17.3. The number of hydrogen-bond acceptors (Lipinski definition) is 3. The molecular weight excluding hydrogens is 343 g/mol. The minimum Gasteiger partial charge on any atom is -0.481 e. The minimum absolute atomic E-state index is 0.186. The lowest BCUT2D eigenvalue weighted by Crippen LogP contribution is -2.33. The Hall–Kier alpha value is -0.750. The fourth-order valence-corrected chi connectivity index (χ4v) is 2.33. The zero-order valence-electron chi connectivity index (χ0n) is 10.7. The van der Waals surface area contributed by atoms with Crippen molar-refractivity contribution >= 4 is 57.9 Å². The molecule has 0 heterocycles. The van der Waals surface area contributed by atoms with E-state index < -0.39 is 0 Å². The van der Waals surface area contributed by atoms with Crippen LogP contribution in [0.2, 0.25) is 15.1 Å². The van der Waals surface area contributed by atoms with Crippen LogP contribution in [0.5, 0.6) is 5.75 Å². The van der Waals surface area contributed by atoms with Crippen LogP contribution < -0.4 is 10.5 Å². The molecule has 0 fully saturated rings. The molecule has 1 aromatic rings. The van der Waals surface area contributed by atoms with Gasteiger partial charge in [0.15, 0.2) is 12.4 Å². The van der Waals surface area contributed by atoms with Gasteiger partial charge in [0.05, 0.1) is 15.0 Å². The van der Waals surface area contributed by atoms with Gasteiger partial charge >= 0.3 is 0 Å². The predicted octanol–water partition coefficient (Wildman–Crippen LogP) is 3.16. The van der Waals surface area contributed by atoms with Crippen molar-refractivity contribution in [1.29, 1.82) is 0 Å². The number of hydrogen-bond donors (Lipinski definition) is 1. The van der Waals surface area contributed by atoms with E-state index in [2.05, 4.69) is 0 Å². The number of nitrogens with two attached hydrogens (primary N) is 1. The molecule has 2 N–H and O–H groups in total. The molecule has 110 valence electrons. The molecule has 20 heavy (non-hydrogen) atoms. The number of thiocarbonyl (C=S) groups is 1. The summed E-state index contributed by atoms with van der Waals surface area (Å²) in [4.78, 5) is 13.6. The molecule has 0 aliphatic rings. The second-order valence-electron chi connectivity index (χ2n) is 4.02. The number of likely N-dealkylation sites (N-methyl/N-ethyl adjacent to an activating group) is 1. The van der Waals surface area contributed by atoms with Crippen LogP contribution in [0.1, 0.15) is 6.42 Å². The van der Waals surface area contributed by atoms with Crippen LogP contribution in [0.4, 0.5) is 0 Å². The van der Waals surface area contributed by atoms with Crippen molar-refractivity contribution in [2.24, 2.45) is 5.73 Å². The lowest BCUT2D eigenvalue weighted by atomic mass is 10.3. The maximum atomic E-state index is 11.8. The van der Waals surface area contributed by atoms with Gasteiger partial charge in [-0.15, -0.1) is 0 Å². The Morgan fingerprint density at radius 1 is 1.35 bits per heavy atom. The third kappa shape index (κ3) is 5.32. The smallest absolute Gasteiger partial charge is 0.260 e. The zero-order chi connectivity index (χ0) is 15.3. The number of rotatable bonds is 6. The molecule has 0 saturated heterocycles. The molecule has 8 heteroatoms. The van der Waals surface area contributed by atoms with Crippen molar-refractivity contribution in [3.8, 4) is 5.75 Å². The predicted molar refractivity (Wildman–Crippen MR) is 86.0 cm³/mol. The molecule has 0 bridgehead atoms. The van der Waals surface area contributed by atoms with Crippen LogP contribution >= 0.6 is 47.0 Å². The molecule has 0 saturated carbocycles. The normalized spacial score (nSPS) is 10.2. The summed E-state index contributed by atoms with van der Waals surface area (Å²) in [5, 5.41) is 0.898. The van der Waals surface area contributed by atoms with Crippen LogP contribution in [-0.2, 0) is 4.79 Å². The van der Waals surface area contributed by atoms with Gasteiger partial charge in [0.2, 0.25) is 0 Å². The van der Waals surface area contributed by atoms with Crippen molar-refractivity contribution < 1.29 is 9.53 Å². The van der Waals surface area contributed by atoms with Gasteiger partial charge in [0.1, 0.15) is 0 Å². The molecule has 0 aliphatic carbocycles. The number of benzene rings is 1. The Morgan fingerprint density at radius 3 is 2.40 bits per heavy atom. The van der Waals surface area contributed by atoms with Gasteiger partial charge in [-0.25, -0.2) is 0 Å². The Bertz CT molecular complexity index is 502. The highest BCUT2D eigenvalue weighted by atomic mass is 35.5. The van der Waals surface area contributed by atoms with Crippen LogP contribution in [0.15, 0.2) is 12.1 Å². The molecule has 0 aromatic heterocycles. The number of nitrogens with zero attached hydrogens (tertiary/aromatic N) is 1. The van der Waals surface area contributed by atoms with E-state index in [1.165, 1.54) is 17.0 Å². The van der Waals surface area contributed by atoms with E-state index in [0.29, 0.717) is 23.0 Å². The number of halogens is 3. The number of ether oxygens (including phenoxy) is 1. The first-order chi connectivity index (χ1) is 9.31. The summed E-state index contributed by atoms with van der Waals surface area (Å²) < 4.78 is 5.33. The maximum absolute atomic E-state index is 11.8. The van der Waals surface area contributed by atoms with Crippen LogP contribution in [0, 0.1) is 0 Å². The van der Waals surface area contributed by atoms with E-state index in [-0.39, 0.29) is 28.3 Å². The second kappa shape index (κ2) is 7.88. The summed E-state index contributed by atoms with van der Waals surface area (Å²) in [7, 11) is 1.63. The molecule has 1 rings (SSSR count). The van der Waals surface area contributed by atoms with E-state index >= 15 is 0 Å². The summed E-state index contributed by atoms with van der Waals surface area (Å²) >= 11 is 22.4. The van der Waals surface area contributed by atoms with E-state index in [9.17, 15) is 4.79 Å². The molecule has 0 atom stereocenters. The number of carbonyl (C=O) groups excluding carboxylic acids is 1. The van der Waals surface area contributed by atoms with Crippen LogP contribution in [0.3, 0.4) is 0 Å². The molecule has 4 nitrogen and oxygen atoms in total. The first-order valence-corrected chi connectivity index (χ1v) is 7.15. The van der Waals surface area contributed by atoms with Crippen LogP contribution in [-0.4, -0.2) is 36.0 Å². The SMILES string of the molecule is CN(CCC(N)=S)C(=O)COc1c(Cl)cc(Cl)cc1Cl. The molecule has 0 unspecified atom stereocenters. The van der Waals surface area contributed by atoms with Gasteiger partial charge in [0, 0.05) is 25.0 Å². The van der Waals surface area contributed by atoms with Gasteiger partial charge < -0.3 is 15.4 Å². The minimum atomic E-state index is -0.233. The number of carbonyl (C=O) groups is 1. The summed E-state index contributed by atoms with van der Waals surface area (Å²) in [5.41, 5.74) is 5.37. The molecule has 0 aliphatic heterocycles. The van der Waals surface area contributed by atoms with Crippen molar-refractivity contribution in [1.82, 2.24) is 4.90 Å². The fraction of sp³-hybridized carbons (Fsp3) is 0.333. The molecule has 0 radical (unpaired) electrons. The van der Waals surface area contributed by atoms with Crippen molar-refractivity contribution in [2.45, 2.75) is 6.42 Å². The van der Waals surface area contributed by atoms with Crippen LogP contribution in [0.25, 0.3) is 0 Å². The average Bonchev–Trinajstić information content (AvgIpc) is 2.34. The van der Waals surface area contributed by atoms with Gasteiger partial charge in [-0.2, -0.15) is 0 Å². The van der Waals surface area contributed by atoms with E-state index in [4.69, 9.17) is 57.5 Å². The average molecular weight is 356 g/mol. The molecule has 0 spiro atoms. The van der Waals surface area contributed by atoms with Gasteiger partial charge in [-0.1, -0.05) is 47.0 Å². The molecule has 1 amide bonds. The van der Waals surface area contributed by atoms with Gasteiger partial charge in [-0.05, 0) is 12.1 Å². The highest BCUT2D eigenvalue weighted by Gasteiger charge is 2.14. The summed E-state index contributed by atoms with van der Waals surface area (Å²) in [6.07, 6.45) is 0.458. The molecular formula is C12H13Cl3N2O2S. The van der Waals surface area contributed by atoms with Gasteiger partial charge in [0.25, 0.3) is 5.91 Å². The quantitative estimate of drug-likeness (QED) is 0.796. The third-order valence-corrected chi connectivity index (χ3v) is 3.41.